The molecule has 0 spiro atoms. The van der Waals surface area contributed by atoms with E-state index in [0.717, 1.165) is 12.1 Å². The van der Waals surface area contributed by atoms with E-state index in [0.29, 0.717) is 16.1 Å². The zero-order chi connectivity index (χ0) is 13.8. The second-order valence-electron chi connectivity index (χ2n) is 4.10. The van der Waals surface area contributed by atoms with Gasteiger partial charge in [-0.2, -0.15) is 0 Å². The summed E-state index contributed by atoms with van der Waals surface area (Å²) in [6.45, 7) is 4.19. The zero-order valence-corrected chi connectivity index (χ0v) is 12.4. The third-order valence-corrected chi connectivity index (χ3v) is 3.83. The lowest BCUT2D eigenvalue weighted by molar-refractivity contribution is 0.939. The van der Waals surface area contributed by atoms with Crippen LogP contribution in [0.1, 0.15) is 30.4 Å². The number of thioether (sulfide) groups is 1. The molecule has 0 radical (unpaired) electrons. The molecule has 0 aromatic carbocycles. The SMILES string of the molecule is CCc1ccnc([C@H](C)Sc2nc(N)cc(Cl)n2)c1. The summed E-state index contributed by atoms with van der Waals surface area (Å²) in [5, 5.41) is 1.07. The van der Waals surface area contributed by atoms with Gasteiger partial charge in [0.05, 0.1) is 10.9 Å². The second kappa shape index (κ2) is 6.21. The van der Waals surface area contributed by atoms with E-state index in [1.54, 1.807) is 0 Å². The van der Waals surface area contributed by atoms with Crippen LogP contribution in [0.25, 0.3) is 0 Å². The van der Waals surface area contributed by atoms with Crippen LogP contribution in [0, 0.1) is 0 Å². The molecule has 4 nitrogen and oxygen atoms in total. The first-order valence-corrected chi connectivity index (χ1v) is 7.25. The second-order valence-corrected chi connectivity index (χ2v) is 5.80. The van der Waals surface area contributed by atoms with Crippen LogP contribution in [-0.4, -0.2) is 15.0 Å². The highest BCUT2D eigenvalue weighted by Crippen LogP contribution is 2.32. The van der Waals surface area contributed by atoms with Gasteiger partial charge in [0.2, 0.25) is 0 Å². The van der Waals surface area contributed by atoms with Gasteiger partial charge in [-0.05, 0) is 31.0 Å². The molecule has 0 unspecified atom stereocenters. The topological polar surface area (TPSA) is 64.7 Å². The van der Waals surface area contributed by atoms with Crippen molar-refractivity contribution in [2.75, 3.05) is 5.73 Å². The van der Waals surface area contributed by atoms with E-state index in [4.69, 9.17) is 17.3 Å². The Kier molecular flexibility index (Phi) is 4.61. The van der Waals surface area contributed by atoms with Crippen molar-refractivity contribution in [1.29, 1.82) is 0 Å². The van der Waals surface area contributed by atoms with Gasteiger partial charge in [0.15, 0.2) is 5.16 Å². The maximum Gasteiger partial charge on any atom is 0.191 e. The summed E-state index contributed by atoms with van der Waals surface area (Å²) in [6.07, 6.45) is 2.83. The lowest BCUT2D eigenvalue weighted by Gasteiger charge is -2.11. The minimum atomic E-state index is 0.143. The van der Waals surface area contributed by atoms with Crippen LogP contribution in [0.4, 0.5) is 5.82 Å². The summed E-state index contributed by atoms with van der Waals surface area (Å²) >= 11 is 7.36. The molecule has 1 atom stereocenters. The molecular formula is C13H15ClN4S. The molecule has 19 heavy (non-hydrogen) atoms. The first-order chi connectivity index (χ1) is 9.08. The fourth-order valence-corrected chi connectivity index (χ4v) is 2.74. The highest BCUT2D eigenvalue weighted by atomic mass is 35.5. The van der Waals surface area contributed by atoms with Crippen LogP contribution < -0.4 is 5.73 Å². The molecule has 100 valence electrons. The Labute approximate surface area is 121 Å². The minimum absolute atomic E-state index is 0.143. The van der Waals surface area contributed by atoms with Gasteiger partial charge in [-0.15, -0.1) is 0 Å². The summed E-state index contributed by atoms with van der Waals surface area (Å²) in [7, 11) is 0. The number of nitrogen functional groups attached to an aromatic ring is 1. The quantitative estimate of drug-likeness (QED) is 0.531. The number of nitrogens with two attached hydrogens (primary N) is 1. The van der Waals surface area contributed by atoms with Crippen LogP contribution in [0.5, 0.6) is 0 Å². The summed E-state index contributed by atoms with van der Waals surface area (Å²) in [6, 6.07) is 5.66. The average molecular weight is 295 g/mol. The molecule has 2 N–H and O–H groups in total. The number of hydrogen-bond donors (Lipinski definition) is 1. The zero-order valence-electron chi connectivity index (χ0n) is 10.8. The molecule has 0 aliphatic heterocycles. The Morgan fingerprint density at radius 2 is 2.16 bits per heavy atom. The highest BCUT2D eigenvalue weighted by Gasteiger charge is 2.12. The Hall–Kier alpha value is -1.33. The Bertz CT molecular complexity index is 556. The van der Waals surface area contributed by atoms with Crippen molar-refractivity contribution in [3.05, 3.63) is 40.8 Å². The van der Waals surface area contributed by atoms with E-state index in [2.05, 4.69) is 34.9 Å². The van der Waals surface area contributed by atoms with Crippen LogP contribution in [0.3, 0.4) is 0 Å². The van der Waals surface area contributed by atoms with Gasteiger partial charge in [0.25, 0.3) is 0 Å². The molecule has 0 bridgehead atoms. The van der Waals surface area contributed by atoms with Crippen molar-refractivity contribution in [1.82, 2.24) is 15.0 Å². The van der Waals surface area contributed by atoms with Crippen LogP contribution in [0.2, 0.25) is 5.15 Å². The molecule has 0 saturated carbocycles. The van der Waals surface area contributed by atoms with Gasteiger partial charge in [-0.3, -0.25) is 4.98 Å². The fourth-order valence-electron chi connectivity index (χ4n) is 1.62. The molecule has 2 aromatic heterocycles. The first kappa shape index (κ1) is 14.1. The van der Waals surface area contributed by atoms with Crippen LogP contribution in [-0.2, 0) is 6.42 Å². The van der Waals surface area contributed by atoms with Crippen molar-refractivity contribution in [2.24, 2.45) is 0 Å². The van der Waals surface area contributed by atoms with E-state index in [9.17, 15) is 0 Å². The normalized spacial score (nSPS) is 12.4. The molecule has 0 fully saturated rings. The molecule has 0 aliphatic carbocycles. The fraction of sp³-hybridized carbons (Fsp3) is 0.308. The summed E-state index contributed by atoms with van der Waals surface area (Å²) < 4.78 is 0. The van der Waals surface area contributed by atoms with Gasteiger partial charge in [0.1, 0.15) is 11.0 Å². The van der Waals surface area contributed by atoms with E-state index >= 15 is 0 Å². The summed E-state index contributed by atoms with van der Waals surface area (Å²) in [4.78, 5) is 12.7. The molecular weight excluding hydrogens is 280 g/mol. The molecule has 2 aromatic rings. The Morgan fingerprint density at radius 1 is 1.37 bits per heavy atom. The van der Waals surface area contributed by atoms with E-state index in [-0.39, 0.29) is 5.25 Å². The van der Waals surface area contributed by atoms with E-state index in [1.807, 2.05) is 12.3 Å². The maximum atomic E-state index is 5.87. The Balaban J connectivity index is 2.17. The smallest absolute Gasteiger partial charge is 0.191 e. The van der Waals surface area contributed by atoms with Crippen LogP contribution >= 0.6 is 23.4 Å². The summed E-state index contributed by atoms with van der Waals surface area (Å²) in [5.41, 5.74) is 7.93. The predicted molar refractivity (Wildman–Crippen MR) is 79.3 cm³/mol. The van der Waals surface area contributed by atoms with Crippen molar-refractivity contribution in [2.45, 2.75) is 30.7 Å². The van der Waals surface area contributed by atoms with Crippen molar-refractivity contribution < 1.29 is 0 Å². The number of hydrogen-bond acceptors (Lipinski definition) is 5. The first-order valence-electron chi connectivity index (χ1n) is 6.00. The van der Waals surface area contributed by atoms with Gasteiger partial charge in [0, 0.05) is 12.3 Å². The Morgan fingerprint density at radius 3 is 2.84 bits per heavy atom. The lowest BCUT2D eigenvalue weighted by Crippen LogP contribution is -1.98. The van der Waals surface area contributed by atoms with Crippen molar-refractivity contribution in [3.8, 4) is 0 Å². The van der Waals surface area contributed by atoms with Gasteiger partial charge >= 0.3 is 0 Å². The number of pyridine rings is 1. The molecule has 2 heterocycles. The van der Waals surface area contributed by atoms with Gasteiger partial charge in [-0.25, -0.2) is 9.97 Å². The molecule has 2 rings (SSSR count). The van der Waals surface area contributed by atoms with Crippen molar-refractivity contribution in [3.63, 3.8) is 0 Å². The molecule has 0 aliphatic rings. The van der Waals surface area contributed by atoms with Crippen molar-refractivity contribution >= 4 is 29.2 Å². The molecule has 0 amide bonds. The number of halogens is 1. The number of rotatable bonds is 4. The average Bonchev–Trinajstić information content (AvgIpc) is 2.37. The van der Waals surface area contributed by atoms with E-state index < -0.39 is 0 Å². The third-order valence-electron chi connectivity index (χ3n) is 2.65. The monoisotopic (exact) mass is 294 g/mol. The molecule has 6 heteroatoms. The number of anilines is 1. The maximum absolute atomic E-state index is 5.87. The summed E-state index contributed by atoms with van der Waals surface area (Å²) in [5.74, 6) is 0.380. The van der Waals surface area contributed by atoms with Crippen LogP contribution in [0.15, 0.2) is 29.6 Å². The third kappa shape index (κ3) is 3.81. The number of aryl methyl sites for hydroxylation is 1. The van der Waals surface area contributed by atoms with Gasteiger partial charge < -0.3 is 5.73 Å². The minimum Gasteiger partial charge on any atom is -0.384 e. The van der Waals surface area contributed by atoms with Gasteiger partial charge in [-0.1, -0.05) is 30.3 Å². The standard InChI is InChI=1S/C13H15ClN4S/c1-3-9-4-5-16-10(6-9)8(2)19-13-17-11(14)7-12(15)18-13/h4-8H,3H2,1-2H3,(H2,15,17,18)/t8-/m0/s1. The predicted octanol–water partition coefficient (Wildman–Crippen LogP) is 3.52. The van der Waals surface area contributed by atoms with E-state index in [1.165, 1.54) is 23.4 Å². The highest BCUT2D eigenvalue weighted by molar-refractivity contribution is 7.99. The number of aromatic nitrogens is 3. The molecule has 0 saturated heterocycles. The lowest BCUT2D eigenvalue weighted by atomic mass is 10.1. The number of nitrogens with zero attached hydrogens (tertiary/aromatic N) is 3. The largest absolute Gasteiger partial charge is 0.384 e.